The molecule has 1 unspecified atom stereocenters. The quantitative estimate of drug-likeness (QED) is 0.709. The van der Waals surface area contributed by atoms with Crippen LogP contribution in [-0.4, -0.2) is 36.2 Å². The number of aldehydes is 1. The lowest BCUT2D eigenvalue weighted by molar-refractivity contribution is -0.107. The number of rotatable bonds is 6. The van der Waals surface area contributed by atoms with Crippen molar-refractivity contribution in [3.05, 3.63) is 65.5 Å². The van der Waals surface area contributed by atoms with Gasteiger partial charge in [-0.3, -0.25) is 4.90 Å². The van der Waals surface area contributed by atoms with Crippen molar-refractivity contribution < 1.29 is 9.18 Å². The third kappa shape index (κ3) is 4.83. The molecule has 0 saturated carbocycles. The summed E-state index contributed by atoms with van der Waals surface area (Å²) in [4.78, 5) is 14.6. The van der Waals surface area contributed by atoms with Crippen LogP contribution < -0.4 is 5.32 Å². The molecule has 1 saturated heterocycles. The second kappa shape index (κ2) is 8.93. The van der Waals surface area contributed by atoms with Crippen LogP contribution in [0.15, 0.2) is 53.4 Å². The summed E-state index contributed by atoms with van der Waals surface area (Å²) in [6.45, 7) is 3.19. The molecule has 1 atom stereocenters. The van der Waals surface area contributed by atoms with Gasteiger partial charge in [0, 0.05) is 17.1 Å². The van der Waals surface area contributed by atoms with Crippen molar-refractivity contribution in [2.24, 2.45) is 5.92 Å². The van der Waals surface area contributed by atoms with E-state index < -0.39 is 0 Å². The van der Waals surface area contributed by atoms with Crippen LogP contribution in [0.1, 0.15) is 24.0 Å². The van der Waals surface area contributed by atoms with Crippen molar-refractivity contribution in [1.82, 2.24) is 4.90 Å². The molecule has 2 heterocycles. The third-order valence-corrected chi connectivity index (χ3v) is 6.57. The smallest absolute Gasteiger partial charge is 0.152 e. The number of anilines is 1. The van der Waals surface area contributed by atoms with Gasteiger partial charge >= 0.3 is 0 Å². The molecule has 1 N–H and O–H groups in total. The number of hydrogen-bond acceptors (Lipinski definition) is 4. The van der Waals surface area contributed by atoms with Gasteiger partial charge in [-0.15, -0.1) is 0 Å². The van der Waals surface area contributed by atoms with Gasteiger partial charge in [0.25, 0.3) is 0 Å². The van der Waals surface area contributed by atoms with Crippen molar-refractivity contribution >= 4 is 29.8 Å². The van der Waals surface area contributed by atoms with Gasteiger partial charge in [0.15, 0.2) is 6.29 Å². The zero-order valence-electron chi connectivity index (χ0n) is 15.8. The summed E-state index contributed by atoms with van der Waals surface area (Å²) in [6.07, 6.45) is 8.78. The highest BCUT2D eigenvalue weighted by Crippen LogP contribution is 2.38. The number of nitrogens with zero attached hydrogens (tertiary/aromatic N) is 1. The van der Waals surface area contributed by atoms with Crippen LogP contribution in [0.3, 0.4) is 0 Å². The van der Waals surface area contributed by atoms with Gasteiger partial charge in [0.2, 0.25) is 0 Å². The van der Waals surface area contributed by atoms with Crippen LogP contribution in [0.4, 0.5) is 10.1 Å². The zero-order valence-corrected chi connectivity index (χ0v) is 16.6. The lowest BCUT2D eigenvalue weighted by atomic mass is 9.90. The topological polar surface area (TPSA) is 32.3 Å². The van der Waals surface area contributed by atoms with E-state index >= 15 is 0 Å². The van der Waals surface area contributed by atoms with E-state index in [0.29, 0.717) is 5.92 Å². The lowest BCUT2D eigenvalue weighted by Gasteiger charge is -2.31. The first kappa shape index (κ1) is 19.2. The number of nitrogens with one attached hydrogen (secondary N) is 1. The summed E-state index contributed by atoms with van der Waals surface area (Å²) in [7, 11) is 0. The molecule has 4 rings (SSSR count). The largest absolute Gasteiger partial charge is 0.366 e. The molecule has 2 aliphatic heterocycles. The third-order valence-electron chi connectivity index (χ3n) is 5.50. The first-order valence-corrected chi connectivity index (χ1v) is 10.7. The Morgan fingerprint density at radius 1 is 1.14 bits per heavy atom. The minimum atomic E-state index is -0.162. The predicted molar refractivity (Wildman–Crippen MR) is 114 cm³/mol. The Labute approximate surface area is 170 Å². The second-order valence-corrected chi connectivity index (χ2v) is 8.73. The minimum Gasteiger partial charge on any atom is -0.366 e. The first-order chi connectivity index (χ1) is 13.7. The normalized spacial score (nSPS) is 20.2. The van der Waals surface area contributed by atoms with Crippen molar-refractivity contribution in [3.8, 4) is 0 Å². The number of likely N-dealkylation sites (tertiary alicyclic amines) is 1. The molecule has 28 heavy (non-hydrogen) atoms. The Morgan fingerprint density at radius 3 is 2.68 bits per heavy atom. The van der Waals surface area contributed by atoms with Crippen LogP contribution in [-0.2, 0) is 11.2 Å². The molecule has 0 bridgehead atoms. The van der Waals surface area contributed by atoms with Gasteiger partial charge in [-0.05, 0) is 73.7 Å². The Hall–Kier alpha value is -2.11. The molecule has 146 valence electrons. The molecule has 0 aromatic heterocycles. The predicted octanol–water partition coefficient (Wildman–Crippen LogP) is 4.84. The fourth-order valence-corrected chi connectivity index (χ4v) is 4.88. The number of thioether (sulfide) groups is 1. The molecule has 1 fully saturated rings. The Balaban J connectivity index is 1.23. The number of fused-ring (bicyclic) bond motifs is 1. The fraction of sp³-hybridized carbons (Fsp3) is 0.348. The average molecular weight is 397 g/mol. The zero-order chi connectivity index (χ0) is 19.3. The molecular weight excluding hydrogens is 371 g/mol. The highest BCUT2D eigenvalue weighted by atomic mass is 32.2. The van der Waals surface area contributed by atoms with Crippen LogP contribution >= 0.6 is 11.8 Å². The van der Waals surface area contributed by atoms with E-state index in [4.69, 9.17) is 0 Å². The Kier molecular flexibility index (Phi) is 6.13. The van der Waals surface area contributed by atoms with E-state index in [0.717, 1.165) is 42.9 Å². The molecule has 2 aromatic rings. The van der Waals surface area contributed by atoms with Gasteiger partial charge in [0.05, 0.1) is 0 Å². The molecule has 3 nitrogen and oxygen atoms in total. The maximum atomic E-state index is 13.0. The first-order valence-electron chi connectivity index (χ1n) is 9.85. The van der Waals surface area contributed by atoms with Gasteiger partial charge in [-0.1, -0.05) is 42.1 Å². The highest BCUT2D eigenvalue weighted by Gasteiger charge is 2.20. The molecule has 2 aliphatic rings. The van der Waals surface area contributed by atoms with Gasteiger partial charge < -0.3 is 10.1 Å². The van der Waals surface area contributed by atoms with E-state index in [-0.39, 0.29) is 11.2 Å². The summed E-state index contributed by atoms with van der Waals surface area (Å²) in [5.41, 5.74) is 3.45. The van der Waals surface area contributed by atoms with E-state index in [9.17, 15) is 9.18 Å². The van der Waals surface area contributed by atoms with Crippen LogP contribution in [0.25, 0.3) is 6.08 Å². The second-order valence-electron chi connectivity index (χ2n) is 7.55. The van der Waals surface area contributed by atoms with Crippen molar-refractivity contribution in [1.29, 1.82) is 0 Å². The number of carbonyl (C=O) groups is 1. The molecule has 0 spiro atoms. The summed E-state index contributed by atoms with van der Waals surface area (Å²) in [6, 6.07) is 13.2. The SMILES string of the molecule is O=CC1Nc2ccc(C=CCN3CCC(Cc4ccc(F)cc4)CC3)cc2S1. The maximum Gasteiger partial charge on any atom is 0.152 e. The summed E-state index contributed by atoms with van der Waals surface area (Å²) < 4.78 is 13.0. The summed E-state index contributed by atoms with van der Waals surface area (Å²) >= 11 is 1.57. The number of hydrogen-bond donors (Lipinski definition) is 1. The number of benzene rings is 2. The van der Waals surface area contributed by atoms with Crippen molar-refractivity contribution in [2.75, 3.05) is 25.0 Å². The van der Waals surface area contributed by atoms with Crippen LogP contribution in [0.2, 0.25) is 0 Å². The number of halogens is 1. The summed E-state index contributed by atoms with van der Waals surface area (Å²) in [5.74, 6) is 0.532. The van der Waals surface area contributed by atoms with E-state index in [1.165, 1.54) is 24.0 Å². The summed E-state index contributed by atoms with van der Waals surface area (Å²) in [5, 5.41) is 3.03. The van der Waals surface area contributed by atoms with Crippen molar-refractivity contribution in [3.63, 3.8) is 0 Å². The monoisotopic (exact) mass is 396 g/mol. The highest BCUT2D eigenvalue weighted by molar-refractivity contribution is 8.01. The van der Waals surface area contributed by atoms with Gasteiger partial charge in [0.1, 0.15) is 11.2 Å². The van der Waals surface area contributed by atoms with Crippen molar-refractivity contribution in [2.45, 2.75) is 29.5 Å². The Morgan fingerprint density at radius 2 is 1.93 bits per heavy atom. The van der Waals surface area contributed by atoms with E-state index in [1.54, 1.807) is 23.9 Å². The number of carbonyl (C=O) groups excluding carboxylic acids is 1. The molecule has 2 aromatic carbocycles. The maximum absolute atomic E-state index is 13.0. The van der Waals surface area contributed by atoms with E-state index in [2.05, 4.69) is 34.5 Å². The average Bonchev–Trinajstić information content (AvgIpc) is 3.14. The molecular formula is C23H25FN2OS. The standard InChI is InChI=1S/C23H25FN2OS/c24-20-6-3-18(4-7-20)14-19-9-12-26(13-10-19)11-1-2-17-5-8-21-22(15-17)28-23(16-27)25-21/h1-8,15-16,19,23,25H,9-14H2. The minimum absolute atomic E-state index is 0.160. The number of piperidine rings is 1. The Bertz CT molecular complexity index is 844. The molecule has 0 aliphatic carbocycles. The fourth-order valence-electron chi connectivity index (χ4n) is 3.91. The molecule has 0 amide bonds. The molecule has 0 radical (unpaired) electrons. The van der Waals surface area contributed by atoms with Gasteiger partial charge in [-0.2, -0.15) is 0 Å². The van der Waals surface area contributed by atoms with Crippen LogP contribution in [0, 0.1) is 11.7 Å². The molecule has 5 heteroatoms. The van der Waals surface area contributed by atoms with E-state index in [1.807, 2.05) is 18.2 Å². The lowest BCUT2D eigenvalue weighted by Crippen LogP contribution is -2.34. The van der Waals surface area contributed by atoms with Crippen LogP contribution in [0.5, 0.6) is 0 Å². The van der Waals surface area contributed by atoms with Gasteiger partial charge in [-0.25, -0.2) is 4.39 Å².